The molecule has 1 aromatic rings. The lowest BCUT2D eigenvalue weighted by molar-refractivity contribution is 0.0533. The Balaban J connectivity index is 2.90. The van der Waals surface area contributed by atoms with Crippen molar-refractivity contribution in [1.29, 1.82) is 0 Å². The molecule has 0 bridgehead atoms. The van der Waals surface area contributed by atoms with Gasteiger partial charge in [-0.3, -0.25) is 0 Å². The molecule has 0 fully saturated rings. The number of nitrogens with two attached hydrogens (primary N) is 1. The van der Waals surface area contributed by atoms with Gasteiger partial charge in [-0.25, -0.2) is 4.79 Å². The third-order valence-corrected chi connectivity index (χ3v) is 3.30. The number of nitrogens with zero attached hydrogens (tertiary/aromatic N) is 1. The number of carbonyl (C=O) groups excluding carboxylic acids is 1. The lowest BCUT2D eigenvalue weighted by atomic mass is 10.4. The van der Waals surface area contributed by atoms with Crippen LogP contribution in [0.3, 0.4) is 0 Å². The average Bonchev–Trinajstić information content (AvgIpc) is 2.59. The second kappa shape index (κ2) is 5.02. The topological polar surface area (TPSA) is 55.6 Å². The minimum absolute atomic E-state index is 0.337. The van der Waals surface area contributed by atoms with E-state index in [-0.39, 0.29) is 5.97 Å². The molecule has 1 heterocycles. The minimum Gasteiger partial charge on any atom is -0.462 e. The van der Waals surface area contributed by atoms with Crippen molar-refractivity contribution in [3.63, 3.8) is 0 Å². The first-order valence-electron chi connectivity index (χ1n) is 4.87. The number of anilines is 2. The van der Waals surface area contributed by atoms with E-state index in [0.29, 0.717) is 17.2 Å². The first-order valence-corrected chi connectivity index (χ1v) is 5.69. The molecule has 0 atom stereocenters. The lowest BCUT2D eigenvalue weighted by Gasteiger charge is -2.12. The monoisotopic (exact) mass is 228 g/mol. The molecule has 84 valence electrons. The number of thiophene rings is 1. The first-order chi connectivity index (χ1) is 7.10. The zero-order valence-electron chi connectivity index (χ0n) is 9.24. The van der Waals surface area contributed by atoms with E-state index in [1.807, 2.05) is 18.9 Å². The van der Waals surface area contributed by atoms with Gasteiger partial charge in [-0.1, -0.05) is 0 Å². The maximum atomic E-state index is 11.5. The highest BCUT2D eigenvalue weighted by Crippen LogP contribution is 2.31. The van der Waals surface area contributed by atoms with Gasteiger partial charge in [0.15, 0.2) is 0 Å². The fourth-order valence-electron chi connectivity index (χ4n) is 1.09. The summed E-state index contributed by atoms with van der Waals surface area (Å²) in [5.74, 6) is -0.337. The highest BCUT2D eigenvalue weighted by Gasteiger charge is 2.16. The van der Waals surface area contributed by atoms with Gasteiger partial charge in [0, 0.05) is 13.6 Å². The van der Waals surface area contributed by atoms with Gasteiger partial charge < -0.3 is 15.4 Å². The van der Waals surface area contributed by atoms with Crippen LogP contribution in [0.15, 0.2) is 6.07 Å². The predicted octanol–water partition coefficient (Wildman–Crippen LogP) is 1.96. The molecule has 1 aromatic heterocycles. The quantitative estimate of drug-likeness (QED) is 0.800. The molecule has 2 N–H and O–H groups in total. The third-order valence-electron chi connectivity index (χ3n) is 2.06. The van der Waals surface area contributed by atoms with Crippen LogP contribution in [0, 0.1) is 0 Å². The number of esters is 1. The van der Waals surface area contributed by atoms with Crippen LogP contribution < -0.4 is 10.6 Å². The Kier molecular flexibility index (Phi) is 3.96. The standard InChI is InChI=1S/C10H16N2O2S/c1-4-12(3)8-6-7(11)9(15-8)10(13)14-5-2/h6H,4-5,11H2,1-3H3. The van der Waals surface area contributed by atoms with Crippen LogP contribution in [0.5, 0.6) is 0 Å². The summed E-state index contributed by atoms with van der Waals surface area (Å²) in [5.41, 5.74) is 6.24. The van der Waals surface area contributed by atoms with Crippen molar-refractivity contribution in [2.24, 2.45) is 0 Å². The molecule has 0 radical (unpaired) electrons. The van der Waals surface area contributed by atoms with Crippen LogP contribution in [0.2, 0.25) is 0 Å². The Morgan fingerprint density at radius 1 is 1.60 bits per heavy atom. The lowest BCUT2D eigenvalue weighted by Crippen LogP contribution is -2.13. The maximum Gasteiger partial charge on any atom is 0.350 e. The molecule has 0 aliphatic carbocycles. The molecule has 0 saturated carbocycles. The second-order valence-electron chi connectivity index (χ2n) is 3.10. The van der Waals surface area contributed by atoms with Gasteiger partial charge in [0.1, 0.15) is 4.88 Å². The first kappa shape index (κ1) is 11.8. The van der Waals surface area contributed by atoms with E-state index in [1.165, 1.54) is 11.3 Å². The van der Waals surface area contributed by atoms with E-state index in [4.69, 9.17) is 10.5 Å². The fraction of sp³-hybridized carbons (Fsp3) is 0.500. The smallest absolute Gasteiger partial charge is 0.350 e. The zero-order chi connectivity index (χ0) is 11.4. The number of ether oxygens (including phenoxy) is 1. The molecule has 0 saturated heterocycles. The molecule has 15 heavy (non-hydrogen) atoms. The Labute approximate surface area is 93.6 Å². The molecule has 0 amide bonds. The number of rotatable bonds is 4. The zero-order valence-corrected chi connectivity index (χ0v) is 10.1. The maximum absolute atomic E-state index is 11.5. The normalized spacial score (nSPS) is 10.1. The van der Waals surface area contributed by atoms with Gasteiger partial charge in [-0.15, -0.1) is 11.3 Å². The molecule has 5 heteroatoms. The molecule has 0 aliphatic heterocycles. The van der Waals surface area contributed by atoms with Crippen LogP contribution >= 0.6 is 11.3 Å². The summed E-state index contributed by atoms with van der Waals surface area (Å²) in [6.07, 6.45) is 0. The summed E-state index contributed by atoms with van der Waals surface area (Å²) in [7, 11) is 1.96. The largest absolute Gasteiger partial charge is 0.462 e. The summed E-state index contributed by atoms with van der Waals surface area (Å²) >= 11 is 1.37. The highest BCUT2D eigenvalue weighted by atomic mass is 32.1. The van der Waals surface area contributed by atoms with E-state index < -0.39 is 0 Å². The summed E-state index contributed by atoms with van der Waals surface area (Å²) in [5, 5.41) is 0.984. The van der Waals surface area contributed by atoms with Crippen molar-refractivity contribution in [3.05, 3.63) is 10.9 Å². The van der Waals surface area contributed by atoms with E-state index in [0.717, 1.165) is 11.5 Å². The Morgan fingerprint density at radius 3 is 2.80 bits per heavy atom. The summed E-state index contributed by atoms with van der Waals surface area (Å²) in [4.78, 5) is 14.0. The molecule has 0 aromatic carbocycles. The summed E-state index contributed by atoms with van der Waals surface area (Å²) in [6.45, 7) is 5.07. The van der Waals surface area contributed by atoms with Crippen molar-refractivity contribution >= 4 is 28.0 Å². The molecule has 1 rings (SSSR count). The van der Waals surface area contributed by atoms with E-state index in [2.05, 4.69) is 0 Å². The van der Waals surface area contributed by atoms with E-state index in [9.17, 15) is 4.79 Å². The SMILES string of the molecule is CCOC(=O)c1sc(N(C)CC)cc1N. The average molecular weight is 228 g/mol. The van der Waals surface area contributed by atoms with E-state index in [1.54, 1.807) is 13.0 Å². The highest BCUT2D eigenvalue weighted by molar-refractivity contribution is 7.18. The molecule has 0 unspecified atom stereocenters. The van der Waals surface area contributed by atoms with Gasteiger partial charge in [0.05, 0.1) is 17.3 Å². The molecular weight excluding hydrogens is 212 g/mol. The van der Waals surface area contributed by atoms with Gasteiger partial charge in [-0.05, 0) is 19.9 Å². The van der Waals surface area contributed by atoms with Gasteiger partial charge in [0.25, 0.3) is 0 Å². The Morgan fingerprint density at radius 2 is 2.27 bits per heavy atom. The van der Waals surface area contributed by atoms with Gasteiger partial charge in [0.2, 0.25) is 0 Å². The van der Waals surface area contributed by atoms with Gasteiger partial charge in [-0.2, -0.15) is 0 Å². The number of carbonyl (C=O) groups is 1. The van der Waals surface area contributed by atoms with Crippen LogP contribution in [-0.4, -0.2) is 26.2 Å². The minimum atomic E-state index is -0.337. The summed E-state index contributed by atoms with van der Waals surface area (Å²) in [6, 6.07) is 1.81. The summed E-state index contributed by atoms with van der Waals surface area (Å²) < 4.78 is 4.91. The number of nitrogen functional groups attached to an aromatic ring is 1. The van der Waals surface area contributed by atoms with E-state index >= 15 is 0 Å². The van der Waals surface area contributed by atoms with Crippen molar-refractivity contribution in [2.75, 3.05) is 30.8 Å². The van der Waals surface area contributed by atoms with Gasteiger partial charge >= 0.3 is 5.97 Å². The van der Waals surface area contributed by atoms with Crippen LogP contribution in [0.25, 0.3) is 0 Å². The van der Waals surface area contributed by atoms with Crippen molar-refractivity contribution < 1.29 is 9.53 Å². The van der Waals surface area contributed by atoms with Crippen LogP contribution in [0.1, 0.15) is 23.5 Å². The van der Waals surface area contributed by atoms with Crippen molar-refractivity contribution in [1.82, 2.24) is 0 Å². The van der Waals surface area contributed by atoms with Crippen LogP contribution in [-0.2, 0) is 4.74 Å². The molecule has 0 aliphatic rings. The Hall–Kier alpha value is -1.23. The molecule has 4 nitrogen and oxygen atoms in total. The fourth-order valence-corrected chi connectivity index (χ4v) is 2.09. The van der Waals surface area contributed by atoms with Crippen molar-refractivity contribution in [2.45, 2.75) is 13.8 Å². The third kappa shape index (κ3) is 2.62. The number of hydrogen-bond donors (Lipinski definition) is 1. The number of hydrogen-bond acceptors (Lipinski definition) is 5. The van der Waals surface area contributed by atoms with Crippen molar-refractivity contribution in [3.8, 4) is 0 Å². The Bertz CT molecular complexity index is 349. The second-order valence-corrected chi connectivity index (χ2v) is 4.13. The molecular formula is C10H16N2O2S. The predicted molar refractivity (Wildman–Crippen MR) is 63.6 cm³/mol. The molecule has 0 spiro atoms. The van der Waals surface area contributed by atoms with Crippen LogP contribution in [0.4, 0.5) is 10.7 Å².